The Bertz CT molecular complexity index is 422. The molecule has 2 saturated heterocycles. The van der Waals surface area contributed by atoms with Crippen molar-refractivity contribution in [2.24, 2.45) is 5.92 Å². The van der Waals surface area contributed by atoms with Crippen LogP contribution < -0.4 is 0 Å². The van der Waals surface area contributed by atoms with Gasteiger partial charge in [-0.2, -0.15) is 0 Å². The van der Waals surface area contributed by atoms with E-state index in [0.717, 1.165) is 5.92 Å². The van der Waals surface area contributed by atoms with E-state index in [1.54, 1.807) is 5.57 Å². The first-order valence-corrected chi connectivity index (χ1v) is 19.1. The molecule has 0 radical (unpaired) electrons. The van der Waals surface area contributed by atoms with E-state index in [1.165, 1.54) is 66.9 Å². The number of hydrogen-bond acceptors (Lipinski definition) is 1. The van der Waals surface area contributed by atoms with Gasteiger partial charge in [-0.15, -0.1) is 0 Å². The van der Waals surface area contributed by atoms with Crippen LogP contribution in [0.5, 0.6) is 0 Å². The lowest BCUT2D eigenvalue weighted by Crippen LogP contribution is -2.34. The maximum Gasteiger partial charge on any atom is 0.00548 e. The molecular formula is C23H51NS3. The molecule has 0 aliphatic carbocycles. The van der Waals surface area contributed by atoms with Crippen molar-refractivity contribution in [2.75, 3.05) is 92.2 Å². The molecule has 166 valence electrons. The van der Waals surface area contributed by atoms with Gasteiger partial charge >= 0.3 is 0 Å². The standard InChI is InChI=1S/C8H18S.C8H16S.C7H17NS/c3*1-8-4-6-9(2,3)7-5-8/h8H,4-7H2,1-3H3;4H,5-7H2,1-3H3;4-7H2,1-3H3. The first-order valence-electron chi connectivity index (χ1n) is 10.7. The molecule has 0 bridgehead atoms. The summed E-state index contributed by atoms with van der Waals surface area (Å²) in [7, 11) is 1.75. The molecule has 3 aliphatic heterocycles. The van der Waals surface area contributed by atoms with E-state index in [1.807, 2.05) is 0 Å². The van der Waals surface area contributed by atoms with Gasteiger partial charge in [-0.25, -0.2) is 30.1 Å². The van der Waals surface area contributed by atoms with Crippen molar-refractivity contribution in [2.45, 2.75) is 33.1 Å². The average molecular weight is 438 g/mol. The normalized spacial score (nSPS) is 30.9. The fourth-order valence-electron chi connectivity index (χ4n) is 3.30. The van der Waals surface area contributed by atoms with Crippen molar-refractivity contribution in [1.82, 2.24) is 4.90 Å². The van der Waals surface area contributed by atoms with E-state index >= 15 is 0 Å². The van der Waals surface area contributed by atoms with Crippen molar-refractivity contribution in [3.8, 4) is 0 Å². The zero-order chi connectivity index (χ0) is 20.7. The molecule has 27 heavy (non-hydrogen) atoms. The van der Waals surface area contributed by atoms with Crippen LogP contribution in [0.2, 0.25) is 0 Å². The highest BCUT2D eigenvalue weighted by Gasteiger charge is 2.20. The van der Waals surface area contributed by atoms with Gasteiger partial charge in [0.05, 0.1) is 0 Å². The predicted molar refractivity (Wildman–Crippen MR) is 142 cm³/mol. The van der Waals surface area contributed by atoms with Crippen LogP contribution in [0.4, 0.5) is 0 Å². The zero-order valence-electron chi connectivity index (χ0n) is 20.1. The van der Waals surface area contributed by atoms with E-state index in [-0.39, 0.29) is 30.1 Å². The Balaban J connectivity index is 0.000000202. The fraction of sp³-hybridized carbons (Fsp3) is 0.913. The highest BCUT2D eigenvalue weighted by molar-refractivity contribution is 8.33. The van der Waals surface area contributed by atoms with Gasteiger partial charge in [-0.05, 0) is 111 Å². The highest BCUT2D eigenvalue weighted by Crippen LogP contribution is 2.46. The molecule has 0 amide bonds. The number of hydrogen-bond donors (Lipinski definition) is 0. The second kappa shape index (κ2) is 11.2. The lowest BCUT2D eigenvalue weighted by Gasteiger charge is -2.39. The summed E-state index contributed by atoms with van der Waals surface area (Å²) in [4.78, 5) is 2.43. The van der Waals surface area contributed by atoms with Crippen LogP contribution in [0.3, 0.4) is 0 Å². The van der Waals surface area contributed by atoms with Gasteiger partial charge in [0.2, 0.25) is 0 Å². The van der Waals surface area contributed by atoms with Crippen LogP contribution in [0, 0.1) is 5.92 Å². The SMILES string of the molecule is CC1=CCS(C)(C)CC1.CC1CCS(C)(C)CC1.CN1CCS(C)(C)CC1. The summed E-state index contributed by atoms with van der Waals surface area (Å²) in [5, 5.41) is 0. The van der Waals surface area contributed by atoms with Gasteiger partial charge in [0.25, 0.3) is 0 Å². The Morgan fingerprint density at radius 1 is 0.778 bits per heavy atom. The Morgan fingerprint density at radius 3 is 1.59 bits per heavy atom. The van der Waals surface area contributed by atoms with Gasteiger partial charge in [0.15, 0.2) is 0 Å². The maximum atomic E-state index is 2.47. The Labute approximate surface area is 177 Å². The monoisotopic (exact) mass is 437 g/mol. The second-order valence-corrected chi connectivity index (χ2v) is 23.8. The summed E-state index contributed by atoms with van der Waals surface area (Å²) in [6.07, 6.45) is 21.4. The van der Waals surface area contributed by atoms with Gasteiger partial charge in [-0.1, -0.05) is 18.6 Å². The largest absolute Gasteiger partial charge is 0.305 e. The van der Waals surface area contributed by atoms with E-state index in [0.29, 0.717) is 0 Å². The van der Waals surface area contributed by atoms with Crippen molar-refractivity contribution in [1.29, 1.82) is 0 Å². The van der Waals surface area contributed by atoms with Crippen LogP contribution in [0.15, 0.2) is 11.6 Å². The fourth-order valence-corrected chi connectivity index (χ4v) is 9.18. The van der Waals surface area contributed by atoms with Gasteiger partial charge in [0, 0.05) is 13.1 Å². The predicted octanol–water partition coefficient (Wildman–Crippen LogP) is 5.88. The van der Waals surface area contributed by atoms with E-state index in [4.69, 9.17) is 0 Å². The van der Waals surface area contributed by atoms with Crippen LogP contribution in [-0.2, 0) is 0 Å². The molecule has 3 aliphatic rings. The first-order chi connectivity index (χ1) is 12.3. The lowest BCUT2D eigenvalue weighted by atomic mass is 10.1. The summed E-state index contributed by atoms with van der Waals surface area (Å²) in [6.45, 7) is 7.27. The Hall–Kier alpha value is 0.750. The van der Waals surface area contributed by atoms with E-state index < -0.39 is 0 Å². The summed E-state index contributed by atoms with van der Waals surface area (Å²) in [5.74, 6) is 9.77. The van der Waals surface area contributed by atoms with Crippen LogP contribution >= 0.6 is 30.1 Å². The van der Waals surface area contributed by atoms with Crippen molar-refractivity contribution in [3.05, 3.63) is 11.6 Å². The third kappa shape index (κ3) is 12.1. The van der Waals surface area contributed by atoms with E-state index in [2.05, 4.69) is 69.4 Å². The van der Waals surface area contributed by atoms with Gasteiger partial charge in [-0.3, -0.25) is 0 Å². The molecule has 0 unspecified atom stereocenters. The smallest absolute Gasteiger partial charge is 0.00548 e. The number of allylic oxidation sites excluding steroid dienone is 1. The molecule has 0 N–H and O–H groups in total. The minimum Gasteiger partial charge on any atom is -0.305 e. The third-order valence-corrected chi connectivity index (χ3v) is 13.9. The molecule has 4 heteroatoms. The second-order valence-electron chi connectivity index (χ2n) is 10.8. The van der Waals surface area contributed by atoms with Gasteiger partial charge < -0.3 is 4.90 Å². The molecule has 0 aromatic heterocycles. The highest BCUT2D eigenvalue weighted by atomic mass is 32.3. The molecule has 0 saturated carbocycles. The van der Waals surface area contributed by atoms with Crippen LogP contribution in [0.1, 0.15) is 33.1 Å². The quantitative estimate of drug-likeness (QED) is 0.428. The van der Waals surface area contributed by atoms with E-state index in [9.17, 15) is 0 Å². The molecule has 0 atom stereocenters. The summed E-state index contributed by atoms with van der Waals surface area (Å²) < 4.78 is 0. The average Bonchev–Trinajstić information content (AvgIpc) is 2.57. The van der Waals surface area contributed by atoms with Crippen molar-refractivity contribution >= 4 is 30.1 Å². The molecule has 0 spiro atoms. The minimum absolute atomic E-state index is 0.116. The first kappa shape index (κ1) is 25.8. The summed E-state index contributed by atoms with van der Waals surface area (Å²) in [6, 6.07) is 0. The molecule has 1 nitrogen and oxygen atoms in total. The Kier molecular flexibility index (Phi) is 10.7. The molecule has 3 rings (SSSR count). The molecule has 0 aromatic carbocycles. The third-order valence-electron chi connectivity index (χ3n) is 6.31. The lowest BCUT2D eigenvalue weighted by molar-refractivity contribution is 0.369. The van der Waals surface area contributed by atoms with Gasteiger partial charge in [0.1, 0.15) is 0 Å². The Morgan fingerprint density at radius 2 is 1.26 bits per heavy atom. The zero-order valence-corrected chi connectivity index (χ0v) is 22.6. The molecule has 0 aromatic rings. The number of nitrogens with zero attached hydrogens (tertiary/aromatic N) is 1. The van der Waals surface area contributed by atoms with Crippen molar-refractivity contribution < 1.29 is 0 Å². The van der Waals surface area contributed by atoms with Crippen LogP contribution in [0.25, 0.3) is 0 Å². The number of rotatable bonds is 0. The molecular weight excluding hydrogens is 386 g/mol. The van der Waals surface area contributed by atoms with Crippen molar-refractivity contribution in [3.63, 3.8) is 0 Å². The molecule has 2 fully saturated rings. The molecule has 3 heterocycles. The topological polar surface area (TPSA) is 3.24 Å². The van der Waals surface area contributed by atoms with Crippen LogP contribution in [-0.4, -0.2) is 97.1 Å². The minimum atomic E-state index is -0.192. The summed E-state index contributed by atoms with van der Waals surface area (Å²) >= 11 is 0. The summed E-state index contributed by atoms with van der Waals surface area (Å²) in [5.41, 5.74) is 1.60. The maximum absolute atomic E-state index is 2.47.